The van der Waals surface area contributed by atoms with Gasteiger partial charge in [-0.25, -0.2) is 4.98 Å². The number of nitrogens with zero attached hydrogens (tertiary/aromatic N) is 3. The van der Waals surface area contributed by atoms with Crippen LogP contribution in [0.1, 0.15) is 5.69 Å². The predicted molar refractivity (Wildman–Crippen MR) is 76.4 cm³/mol. The van der Waals surface area contributed by atoms with Crippen LogP contribution in [-0.4, -0.2) is 14.3 Å². The smallest absolute Gasteiger partial charge is 0.305 e. The summed E-state index contributed by atoms with van der Waals surface area (Å²) in [6.45, 7) is 1.88. The number of benzene rings is 1. The SMILES string of the molecule is Cc1cccc2nc(-c3ccc(F)c([N+](=O)[O-])c3)c(N)n12. The molecule has 0 fully saturated rings. The van der Waals surface area contributed by atoms with Gasteiger partial charge >= 0.3 is 5.69 Å². The molecule has 0 aliphatic heterocycles. The van der Waals surface area contributed by atoms with E-state index in [2.05, 4.69) is 4.98 Å². The van der Waals surface area contributed by atoms with Crippen LogP contribution in [0.2, 0.25) is 0 Å². The van der Waals surface area contributed by atoms with Crippen LogP contribution in [0.3, 0.4) is 0 Å². The summed E-state index contributed by atoms with van der Waals surface area (Å²) in [5, 5.41) is 10.8. The van der Waals surface area contributed by atoms with Crippen molar-refractivity contribution in [3.05, 3.63) is 58.0 Å². The molecular formula is C14H11FN4O2. The molecule has 3 rings (SSSR count). The van der Waals surface area contributed by atoms with E-state index in [1.165, 1.54) is 6.07 Å². The molecule has 0 radical (unpaired) electrons. The topological polar surface area (TPSA) is 86.5 Å². The van der Waals surface area contributed by atoms with Crippen molar-refractivity contribution < 1.29 is 9.31 Å². The lowest BCUT2D eigenvalue weighted by Gasteiger charge is -2.02. The van der Waals surface area contributed by atoms with E-state index in [1.54, 1.807) is 10.5 Å². The highest BCUT2D eigenvalue weighted by Crippen LogP contribution is 2.30. The van der Waals surface area contributed by atoms with E-state index < -0.39 is 16.4 Å². The van der Waals surface area contributed by atoms with E-state index in [0.29, 0.717) is 22.7 Å². The summed E-state index contributed by atoms with van der Waals surface area (Å²) in [5.41, 5.74) is 7.80. The lowest BCUT2D eigenvalue weighted by atomic mass is 10.1. The molecule has 2 N–H and O–H groups in total. The lowest BCUT2D eigenvalue weighted by Crippen LogP contribution is -1.98. The first-order valence-electron chi connectivity index (χ1n) is 6.17. The zero-order chi connectivity index (χ0) is 15.1. The van der Waals surface area contributed by atoms with Gasteiger partial charge in [-0.3, -0.25) is 14.5 Å². The first-order valence-corrected chi connectivity index (χ1v) is 6.17. The third-order valence-electron chi connectivity index (χ3n) is 3.29. The minimum absolute atomic E-state index is 0.365. The Morgan fingerprint density at radius 3 is 2.76 bits per heavy atom. The van der Waals surface area contributed by atoms with E-state index in [-0.39, 0.29) is 0 Å². The molecule has 6 nitrogen and oxygen atoms in total. The summed E-state index contributed by atoms with van der Waals surface area (Å²) in [5.74, 6) is -0.522. The summed E-state index contributed by atoms with van der Waals surface area (Å²) >= 11 is 0. The zero-order valence-corrected chi connectivity index (χ0v) is 11.1. The van der Waals surface area contributed by atoms with Crippen molar-refractivity contribution in [3.8, 4) is 11.3 Å². The minimum Gasteiger partial charge on any atom is -0.383 e. The van der Waals surface area contributed by atoms with Crippen LogP contribution in [0.5, 0.6) is 0 Å². The first kappa shape index (κ1) is 13.0. The van der Waals surface area contributed by atoms with Gasteiger partial charge in [-0.05, 0) is 31.2 Å². The summed E-state index contributed by atoms with van der Waals surface area (Å²) in [6, 6.07) is 9.11. The number of hydrogen-bond acceptors (Lipinski definition) is 4. The van der Waals surface area contributed by atoms with E-state index >= 15 is 0 Å². The number of pyridine rings is 1. The number of halogens is 1. The maximum Gasteiger partial charge on any atom is 0.305 e. The Labute approximate surface area is 118 Å². The van der Waals surface area contributed by atoms with Crippen LogP contribution < -0.4 is 5.73 Å². The maximum absolute atomic E-state index is 13.4. The summed E-state index contributed by atoms with van der Waals surface area (Å²) in [6.07, 6.45) is 0. The average molecular weight is 286 g/mol. The highest BCUT2D eigenvalue weighted by molar-refractivity contribution is 5.76. The molecule has 0 unspecified atom stereocenters. The number of imidazole rings is 1. The number of nitrogen functional groups attached to an aromatic ring is 1. The number of nitro benzene ring substituents is 1. The number of nitro groups is 1. The van der Waals surface area contributed by atoms with Gasteiger partial charge in [-0.1, -0.05) is 6.07 Å². The molecule has 0 atom stereocenters. The summed E-state index contributed by atoms with van der Waals surface area (Å²) < 4.78 is 15.1. The molecule has 0 amide bonds. The monoisotopic (exact) mass is 286 g/mol. The molecule has 0 saturated carbocycles. The van der Waals surface area contributed by atoms with Gasteiger partial charge in [0.15, 0.2) is 0 Å². The second-order valence-corrected chi connectivity index (χ2v) is 4.63. The number of anilines is 1. The molecule has 1 aromatic carbocycles. The van der Waals surface area contributed by atoms with E-state index in [0.717, 1.165) is 17.8 Å². The molecule has 0 spiro atoms. The van der Waals surface area contributed by atoms with Crippen molar-refractivity contribution in [3.63, 3.8) is 0 Å². The molecule has 2 heterocycles. The van der Waals surface area contributed by atoms with Crippen LogP contribution >= 0.6 is 0 Å². The molecule has 0 aliphatic carbocycles. The van der Waals surface area contributed by atoms with Crippen molar-refractivity contribution in [1.29, 1.82) is 0 Å². The number of aromatic nitrogens is 2. The Morgan fingerprint density at radius 1 is 1.33 bits per heavy atom. The van der Waals surface area contributed by atoms with E-state index in [4.69, 9.17) is 5.73 Å². The molecule has 106 valence electrons. The second-order valence-electron chi connectivity index (χ2n) is 4.63. The normalized spacial score (nSPS) is 11.0. The Bertz CT molecular complexity index is 873. The third-order valence-corrected chi connectivity index (χ3v) is 3.29. The number of rotatable bonds is 2. The van der Waals surface area contributed by atoms with Crippen LogP contribution in [0, 0.1) is 22.9 Å². The zero-order valence-electron chi connectivity index (χ0n) is 11.1. The van der Waals surface area contributed by atoms with E-state index in [1.807, 2.05) is 19.1 Å². The lowest BCUT2D eigenvalue weighted by molar-refractivity contribution is -0.387. The van der Waals surface area contributed by atoms with Crippen molar-refractivity contribution in [1.82, 2.24) is 9.38 Å². The molecule has 0 bridgehead atoms. The first-order chi connectivity index (χ1) is 9.99. The fourth-order valence-corrected chi connectivity index (χ4v) is 2.29. The highest BCUT2D eigenvalue weighted by Gasteiger charge is 2.18. The van der Waals surface area contributed by atoms with Crippen LogP contribution in [0.4, 0.5) is 15.9 Å². The Kier molecular flexibility index (Phi) is 2.83. The van der Waals surface area contributed by atoms with Gasteiger partial charge in [0.1, 0.15) is 17.2 Å². The maximum atomic E-state index is 13.4. The quantitative estimate of drug-likeness (QED) is 0.579. The van der Waals surface area contributed by atoms with Gasteiger partial charge in [0.2, 0.25) is 5.82 Å². The van der Waals surface area contributed by atoms with Gasteiger partial charge < -0.3 is 5.73 Å². The summed E-state index contributed by atoms with van der Waals surface area (Å²) in [4.78, 5) is 14.4. The van der Waals surface area contributed by atoms with E-state index in [9.17, 15) is 14.5 Å². The van der Waals surface area contributed by atoms with Crippen LogP contribution in [0.25, 0.3) is 16.9 Å². The van der Waals surface area contributed by atoms with Crippen molar-refractivity contribution >= 4 is 17.2 Å². The number of fused-ring (bicyclic) bond motifs is 1. The Hall–Kier alpha value is -2.96. The van der Waals surface area contributed by atoms with Gasteiger partial charge in [0.05, 0.1) is 4.92 Å². The van der Waals surface area contributed by atoms with Crippen molar-refractivity contribution in [2.75, 3.05) is 5.73 Å². The Balaban J connectivity index is 2.26. The fraction of sp³-hybridized carbons (Fsp3) is 0.0714. The number of hydrogen-bond donors (Lipinski definition) is 1. The molecule has 0 saturated heterocycles. The van der Waals surface area contributed by atoms with Gasteiger partial charge in [-0.2, -0.15) is 4.39 Å². The second kappa shape index (κ2) is 4.55. The highest BCUT2D eigenvalue weighted by atomic mass is 19.1. The molecule has 7 heteroatoms. The van der Waals surface area contributed by atoms with Crippen molar-refractivity contribution in [2.45, 2.75) is 6.92 Å². The minimum atomic E-state index is -0.887. The third kappa shape index (κ3) is 1.99. The van der Waals surface area contributed by atoms with Crippen molar-refractivity contribution in [2.24, 2.45) is 0 Å². The molecule has 21 heavy (non-hydrogen) atoms. The number of nitrogens with two attached hydrogens (primary N) is 1. The average Bonchev–Trinajstić information content (AvgIpc) is 2.78. The number of aryl methyl sites for hydroxylation is 1. The Morgan fingerprint density at radius 2 is 2.10 bits per heavy atom. The van der Waals surface area contributed by atoms with Gasteiger partial charge in [-0.15, -0.1) is 0 Å². The standard InChI is InChI=1S/C14H11FN4O2/c1-8-3-2-4-12-17-13(14(16)18(8)12)9-5-6-10(15)11(7-9)19(20)21/h2-7H,16H2,1H3. The molecule has 0 aliphatic rings. The molecular weight excluding hydrogens is 275 g/mol. The van der Waals surface area contributed by atoms with Gasteiger partial charge in [0, 0.05) is 17.3 Å². The van der Waals surface area contributed by atoms with Crippen LogP contribution in [0.15, 0.2) is 36.4 Å². The van der Waals surface area contributed by atoms with Crippen LogP contribution in [-0.2, 0) is 0 Å². The molecule has 3 aromatic rings. The van der Waals surface area contributed by atoms with Gasteiger partial charge in [0.25, 0.3) is 0 Å². The predicted octanol–water partition coefficient (Wildman–Crippen LogP) is 2.94. The summed E-state index contributed by atoms with van der Waals surface area (Å²) in [7, 11) is 0. The fourth-order valence-electron chi connectivity index (χ4n) is 2.29. The largest absolute Gasteiger partial charge is 0.383 e. The molecule has 2 aromatic heterocycles.